The maximum atomic E-state index is 12.9. The Labute approximate surface area is 137 Å². The quantitative estimate of drug-likeness (QED) is 0.784. The summed E-state index contributed by atoms with van der Waals surface area (Å²) in [7, 11) is 1.40. The topological polar surface area (TPSA) is 77.2 Å². The predicted molar refractivity (Wildman–Crippen MR) is 82.8 cm³/mol. The van der Waals surface area contributed by atoms with Gasteiger partial charge in [0.1, 0.15) is 6.04 Å². The average molecular weight is 346 g/mol. The number of carbonyl (C=O) groups is 2. The van der Waals surface area contributed by atoms with Crippen molar-refractivity contribution < 1.29 is 22.8 Å². The Kier molecular flexibility index (Phi) is 5.22. The van der Waals surface area contributed by atoms with Crippen LogP contribution in [0, 0.1) is 6.92 Å². The molecule has 0 bridgehead atoms. The van der Waals surface area contributed by atoms with E-state index in [0.717, 1.165) is 0 Å². The van der Waals surface area contributed by atoms with Gasteiger partial charge in [-0.25, -0.2) is 0 Å². The van der Waals surface area contributed by atoms with Gasteiger partial charge < -0.3 is 15.6 Å². The number of nitrogens with one attached hydrogen (secondary N) is 3. The SMILES string of the molecule is CC(=O)Nc1c[nH]c(C)c1C(=O)N[C@H]1CC[C@H](C(F)(F)F)N(C)C1. The van der Waals surface area contributed by atoms with E-state index in [1.54, 1.807) is 6.92 Å². The minimum Gasteiger partial charge on any atom is -0.363 e. The van der Waals surface area contributed by atoms with Crippen LogP contribution in [-0.2, 0) is 4.79 Å². The zero-order valence-electron chi connectivity index (χ0n) is 13.8. The van der Waals surface area contributed by atoms with Crippen molar-refractivity contribution >= 4 is 17.5 Å². The molecule has 1 saturated heterocycles. The van der Waals surface area contributed by atoms with Crippen LogP contribution >= 0.6 is 0 Å². The summed E-state index contributed by atoms with van der Waals surface area (Å²) in [6, 6.07) is -1.85. The van der Waals surface area contributed by atoms with Crippen LogP contribution in [0.2, 0.25) is 0 Å². The molecule has 0 aliphatic carbocycles. The number of H-pyrrole nitrogens is 1. The first-order valence-electron chi connectivity index (χ1n) is 7.63. The van der Waals surface area contributed by atoms with Crippen LogP contribution in [0.15, 0.2) is 6.20 Å². The Balaban J connectivity index is 2.04. The maximum absolute atomic E-state index is 12.9. The number of rotatable bonds is 3. The largest absolute Gasteiger partial charge is 0.404 e. The lowest BCUT2D eigenvalue weighted by Gasteiger charge is -2.38. The molecule has 2 rings (SSSR count). The minimum absolute atomic E-state index is 0.0599. The molecule has 0 aromatic carbocycles. The van der Waals surface area contributed by atoms with Gasteiger partial charge in [-0.15, -0.1) is 0 Å². The van der Waals surface area contributed by atoms with Gasteiger partial charge in [0.2, 0.25) is 5.91 Å². The van der Waals surface area contributed by atoms with Gasteiger partial charge >= 0.3 is 6.18 Å². The van der Waals surface area contributed by atoms with Crippen LogP contribution in [0.25, 0.3) is 0 Å². The number of nitrogens with zero attached hydrogens (tertiary/aromatic N) is 1. The molecule has 1 aliphatic rings. The number of aromatic nitrogens is 1. The molecule has 1 aromatic heterocycles. The van der Waals surface area contributed by atoms with Crippen LogP contribution in [0.4, 0.5) is 18.9 Å². The van der Waals surface area contributed by atoms with E-state index in [1.165, 1.54) is 25.1 Å². The molecule has 0 unspecified atom stereocenters. The number of piperidine rings is 1. The van der Waals surface area contributed by atoms with Crippen LogP contribution < -0.4 is 10.6 Å². The van der Waals surface area contributed by atoms with E-state index < -0.39 is 18.1 Å². The van der Waals surface area contributed by atoms with Gasteiger partial charge in [0.25, 0.3) is 5.91 Å². The second-order valence-electron chi connectivity index (χ2n) is 6.13. The number of anilines is 1. The second-order valence-corrected chi connectivity index (χ2v) is 6.13. The van der Waals surface area contributed by atoms with Crippen molar-refractivity contribution in [2.45, 2.75) is 44.9 Å². The number of hydrogen-bond acceptors (Lipinski definition) is 3. The standard InChI is InChI=1S/C15H21F3N4O2/c1-8-13(11(6-19-8)20-9(2)23)14(24)21-10-4-5-12(15(16,17)18)22(3)7-10/h6,10,12,19H,4-5,7H2,1-3H3,(H,20,23)(H,21,24)/t10-,12+/m0/s1. The summed E-state index contributed by atoms with van der Waals surface area (Å²) in [5, 5.41) is 5.32. The summed E-state index contributed by atoms with van der Waals surface area (Å²) in [6.45, 7) is 3.14. The summed E-state index contributed by atoms with van der Waals surface area (Å²) in [5.74, 6) is -0.727. The average Bonchev–Trinajstić information content (AvgIpc) is 2.77. The van der Waals surface area contributed by atoms with Crippen LogP contribution in [-0.4, -0.2) is 53.6 Å². The Morgan fingerprint density at radius 2 is 2.00 bits per heavy atom. The Morgan fingerprint density at radius 1 is 1.33 bits per heavy atom. The van der Waals surface area contributed by atoms with Gasteiger partial charge in [-0.1, -0.05) is 0 Å². The first-order valence-corrected chi connectivity index (χ1v) is 7.63. The first-order chi connectivity index (χ1) is 11.1. The molecule has 6 nitrogen and oxygen atoms in total. The van der Waals surface area contributed by atoms with E-state index in [1.807, 2.05) is 0 Å². The Hall–Kier alpha value is -2.03. The summed E-state index contributed by atoms with van der Waals surface area (Å²) in [6.07, 6.45) is -2.56. The number of aromatic amines is 1. The van der Waals surface area contributed by atoms with Crippen molar-refractivity contribution in [1.29, 1.82) is 0 Å². The lowest BCUT2D eigenvalue weighted by atomic mass is 9.98. The smallest absolute Gasteiger partial charge is 0.363 e. The fraction of sp³-hybridized carbons (Fsp3) is 0.600. The molecule has 2 atom stereocenters. The summed E-state index contributed by atoms with van der Waals surface area (Å²) in [5.41, 5.74) is 1.23. The van der Waals surface area contributed by atoms with Gasteiger partial charge in [0.05, 0.1) is 11.3 Å². The van der Waals surface area contributed by atoms with Crippen molar-refractivity contribution in [2.24, 2.45) is 0 Å². The fourth-order valence-electron chi connectivity index (χ4n) is 3.04. The maximum Gasteiger partial charge on any atom is 0.404 e. The molecule has 3 N–H and O–H groups in total. The fourth-order valence-corrected chi connectivity index (χ4v) is 3.04. The number of alkyl halides is 3. The molecule has 2 amide bonds. The van der Waals surface area contributed by atoms with Gasteiger partial charge in [0.15, 0.2) is 0 Å². The highest BCUT2D eigenvalue weighted by Crippen LogP contribution is 2.31. The van der Waals surface area contributed by atoms with Crippen molar-refractivity contribution in [2.75, 3.05) is 18.9 Å². The van der Waals surface area contributed by atoms with Crippen molar-refractivity contribution in [1.82, 2.24) is 15.2 Å². The van der Waals surface area contributed by atoms with E-state index >= 15 is 0 Å². The van der Waals surface area contributed by atoms with Gasteiger partial charge in [-0.2, -0.15) is 13.2 Å². The lowest BCUT2D eigenvalue weighted by Crippen LogP contribution is -2.54. The van der Waals surface area contributed by atoms with E-state index in [-0.39, 0.29) is 31.3 Å². The normalized spacial score (nSPS) is 22.2. The molecule has 0 saturated carbocycles. The molecule has 2 heterocycles. The van der Waals surface area contributed by atoms with Crippen molar-refractivity contribution in [3.8, 4) is 0 Å². The molecule has 134 valence electrons. The Bertz CT molecular complexity index is 627. The second kappa shape index (κ2) is 6.84. The third-order valence-electron chi connectivity index (χ3n) is 4.16. The van der Waals surface area contributed by atoms with Gasteiger partial charge in [-0.05, 0) is 26.8 Å². The number of likely N-dealkylation sites (tertiary alicyclic amines) is 1. The number of halogens is 3. The molecular weight excluding hydrogens is 325 g/mol. The molecule has 0 spiro atoms. The van der Waals surface area contributed by atoms with Crippen molar-refractivity contribution in [3.05, 3.63) is 17.5 Å². The van der Waals surface area contributed by atoms with Gasteiger partial charge in [-0.3, -0.25) is 14.5 Å². The zero-order valence-corrected chi connectivity index (χ0v) is 13.8. The van der Waals surface area contributed by atoms with Crippen LogP contribution in [0.5, 0.6) is 0 Å². The summed E-state index contributed by atoms with van der Waals surface area (Å²) >= 11 is 0. The lowest BCUT2D eigenvalue weighted by molar-refractivity contribution is -0.188. The van der Waals surface area contributed by atoms with Crippen molar-refractivity contribution in [3.63, 3.8) is 0 Å². The molecule has 1 fully saturated rings. The molecule has 1 aromatic rings. The highest BCUT2D eigenvalue weighted by Gasteiger charge is 2.45. The van der Waals surface area contributed by atoms with Crippen LogP contribution in [0.3, 0.4) is 0 Å². The van der Waals surface area contributed by atoms with Gasteiger partial charge in [0, 0.05) is 31.4 Å². The molecule has 24 heavy (non-hydrogen) atoms. The first kappa shape index (κ1) is 18.3. The predicted octanol–water partition coefficient (Wildman–Crippen LogP) is 2.04. The minimum atomic E-state index is -4.26. The highest BCUT2D eigenvalue weighted by atomic mass is 19.4. The zero-order chi connectivity index (χ0) is 18.1. The number of hydrogen-bond donors (Lipinski definition) is 3. The Morgan fingerprint density at radius 3 is 2.54 bits per heavy atom. The van der Waals surface area contributed by atoms with E-state index in [9.17, 15) is 22.8 Å². The van der Waals surface area contributed by atoms with E-state index in [4.69, 9.17) is 0 Å². The third-order valence-corrected chi connectivity index (χ3v) is 4.16. The number of carbonyl (C=O) groups excluding carboxylic acids is 2. The van der Waals surface area contributed by atoms with E-state index in [2.05, 4.69) is 15.6 Å². The number of amides is 2. The van der Waals surface area contributed by atoms with Crippen LogP contribution in [0.1, 0.15) is 35.8 Å². The number of likely N-dealkylation sites (N-methyl/N-ethyl adjacent to an activating group) is 1. The number of aryl methyl sites for hydroxylation is 1. The summed E-state index contributed by atoms with van der Waals surface area (Å²) in [4.78, 5) is 27.7. The van der Waals surface area contributed by atoms with E-state index in [0.29, 0.717) is 16.9 Å². The highest BCUT2D eigenvalue weighted by molar-refractivity contribution is 6.04. The molecule has 9 heteroatoms. The molecule has 1 aliphatic heterocycles. The monoisotopic (exact) mass is 346 g/mol. The molecular formula is C15H21F3N4O2. The molecule has 0 radical (unpaired) electrons. The summed E-state index contributed by atoms with van der Waals surface area (Å²) < 4.78 is 38.6. The third kappa shape index (κ3) is 4.08.